The van der Waals surface area contributed by atoms with Crippen molar-refractivity contribution in [1.82, 2.24) is 25.0 Å². The molecule has 1 fully saturated rings. The highest BCUT2D eigenvalue weighted by Gasteiger charge is 2.22. The minimum atomic E-state index is -0.161. The van der Waals surface area contributed by atoms with Gasteiger partial charge in [-0.15, -0.1) is 0 Å². The van der Waals surface area contributed by atoms with Crippen molar-refractivity contribution in [2.24, 2.45) is 7.05 Å². The first-order chi connectivity index (χ1) is 14.6. The molecule has 0 radical (unpaired) electrons. The number of hydrogen-bond acceptors (Lipinski definition) is 5. The molecule has 3 heterocycles. The standard InChI is InChI=1S/C23H27N5O2/c1-17(28-10-12-30-13-11-28)23(29)25-15-18-4-3-5-20(14-18)22-21(16-27(2)26-22)19-6-8-24-9-7-19/h3-9,14,16-17H,10-13,15H2,1-2H3,(H,25,29). The molecule has 1 amide bonds. The van der Waals surface area contributed by atoms with Crippen LogP contribution in [0.25, 0.3) is 22.4 Å². The van der Waals surface area contributed by atoms with E-state index in [0.717, 1.165) is 41.0 Å². The highest BCUT2D eigenvalue weighted by atomic mass is 16.5. The van der Waals surface area contributed by atoms with Gasteiger partial charge in [0.1, 0.15) is 5.69 Å². The Hall–Kier alpha value is -3.03. The average molecular weight is 406 g/mol. The second kappa shape index (κ2) is 9.19. The predicted octanol–water partition coefficient (Wildman–Crippen LogP) is 2.49. The number of amides is 1. The minimum absolute atomic E-state index is 0.0395. The van der Waals surface area contributed by atoms with Gasteiger partial charge < -0.3 is 10.1 Å². The molecule has 7 heteroatoms. The summed E-state index contributed by atoms with van der Waals surface area (Å²) in [5, 5.41) is 7.74. The second-order valence-electron chi connectivity index (χ2n) is 7.54. The van der Waals surface area contributed by atoms with Crippen LogP contribution in [-0.4, -0.2) is 57.9 Å². The quantitative estimate of drug-likeness (QED) is 0.682. The lowest BCUT2D eigenvalue weighted by Crippen LogP contribution is -2.49. The third kappa shape index (κ3) is 4.58. The van der Waals surface area contributed by atoms with E-state index < -0.39 is 0 Å². The fourth-order valence-corrected chi connectivity index (χ4v) is 3.74. The lowest BCUT2D eigenvalue weighted by molar-refractivity contribution is -0.127. The van der Waals surface area contributed by atoms with E-state index in [1.807, 2.05) is 49.1 Å². The number of pyridine rings is 1. The number of rotatable bonds is 6. The molecule has 4 rings (SSSR count). The molecule has 1 unspecified atom stereocenters. The normalized spacial score (nSPS) is 15.7. The summed E-state index contributed by atoms with van der Waals surface area (Å²) in [4.78, 5) is 18.9. The van der Waals surface area contributed by atoms with Crippen LogP contribution >= 0.6 is 0 Å². The van der Waals surface area contributed by atoms with Gasteiger partial charge in [-0.2, -0.15) is 5.10 Å². The molecule has 1 saturated heterocycles. The Morgan fingerprint density at radius 1 is 1.17 bits per heavy atom. The van der Waals surface area contributed by atoms with Crippen molar-refractivity contribution in [3.05, 3.63) is 60.6 Å². The molecule has 3 aromatic rings. The molecule has 1 atom stereocenters. The van der Waals surface area contributed by atoms with E-state index >= 15 is 0 Å². The zero-order valence-electron chi connectivity index (χ0n) is 17.4. The van der Waals surface area contributed by atoms with E-state index in [0.29, 0.717) is 19.8 Å². The van der Waals surface area contributed by atoms with Gasteiger partial charge in [0.2, 0.25) is 5.91 Å². The van der Waals surface area contributed by atoms with Gasteiger partial charge >= 0.3 is 0 Å². The third-order valence-electron chi connectivity index (χ3n) is 5.46. The smallest absolute Gasteiger partial charge is 0.237 e. The van der Waals surface area contributed by atoms with Crippen LogP contribution in [0.1, 0.15) is 12.5 Å². The fraction of sp³-hybridized carbons (Fsp3) is 0.348. The van der Waals surface area contributed by atoms with Crippen molar-refractivity contribution in [2.75, 3.05) is 26.3 Å². The summed E-state index contributed by atoms with van der Waals surface area (Å²) in [7, 11) is 1.92. The number of nitrogens with zero attached hydrogens (tertiary/aromatic N) is 4. The number of ether oxygens (including phenoxy) is 1. The van der Waals surface area contributed by atoms with Crippen LogP contribution in [0, 0.1) is 0 Å². The molecule has 1 N–H and O–H groups in total. The summed E-state index contributed by atoms with van der Waals surface area (Å²) < 4.78 is 7.20. The Morgan fingerprint density at radius 3 is 2.70 bits per heavy atom. The predicted molar refractivity (Wildman–Crippen MR) is 116 cm³/mol. The molecule has 0 bridgehead atoms. The maximum Gasteiger partial charge on any atom is 0.237 e. The average Bonchev–Trinajstić information content (AvgIpc) is 3.20. The van der Waals surface area contributed by atoms with Crippen LogP contribution in [0.3, 0.4) is 0 Å². The Labute approximate surface area is 176 Å². The number of carbonyl (C=O) groups is 1. The molecule has 0 spiro atoms. The summed E-state index contributed by atoms with van der Waals surface area (Å²) in [6.45, 7) is 5.39. The zero-order chi connectivity index (χ0) is 20.9. The molecule has 7 nitrogen and oxygen atoms in total. The second-order valence-corrected chi connectivity index (χ2v) is 7.54. The van der Waals surface area contributed by atoms with Gasteiger partial charge in [-0.05, 0) is 36.2 Å². The summed E-state index contributed by atoms with van der Waals surface area (Å²) in [5.74, 6) is 0.0395. The van der Waals surface area contributed by atoms with Gasteiger partial charge in [0.05, 0.1) is 19.3 Å². The van der Waals surface area contributed by atoms with Gasteiger partial charge in [-0.3, -0.25) is 19.4 Å². The van der Waals surface area contributed by atoms with Gasteiger partial charge in [-0.1, -0.05) is 18.2 Å². The van der Waals surface area contributed by atoms with E-state index in [9.17, 15) is 4.79 Å². The van der Waals surface area contributed by atoms with Crippen molar-refractivity contribution in [1.29, 1.82) is 0 Å². The highest BCUT2D eigenvalue weighted by molar-refractivity contribution is 5.82. The van der Waals surface area contributed by atoms with E-state index in [4.69, 9.17) is 4.74 Å². The molecule has 1 aromatic carbocycles. The van der Waals surface area contributed by atoms with E-state index in [-0.39, 0.29) is 11.9 Å². The van der Waals surface area contributed by atoms with Crippen molar-refractivity contribution >= 4 is 5.91 Å². The van der Waals surface area contributed by atoms with Crippen molar-refractivity contribution in [3.8, 4) is 22.4 Å². The molecule has 1 aliphatic rings. The van der Waals surface area contributed by atoms with Crippen LogP contribution in [0.4, 0.5) is 0 Å². The first kappa shape index (κ1) is 20.3. The number of aromatic nitrogens is 3. The first-order valence-electron chi connectivity index (χ1n) is 10.2. The maximum absolute atomic E-state index is 12.6. The topological polar surface area (TPSA) is 72.3 Å². The van der Waals surface area contributed by atoms with E-state index in [2.05, 4.69) is 32.4 Å². The molecule has 0 aliphatic carbocycles. The molecule has 30 heavy (non-hydrogen) atoms. The lowest BCUT2D eigenvalue weighted by Gasteiger charge is -2.31. The minimum Gasteiger partial charge on any atom is -0.379 e. The monoisotopic (exact) mass is 405 g/mol. The SMILES string of the molecule is CC(C(=O)NCc1cccc(-c2nn(C)cc2-c2ccncc2)c1)N1CCOCC1. The van der Waals surface area contributed by atoms with Crippen molar-refractivity contribution in [3.63, 3.8) is 0 Å². The number of carbonyl (C=O) groups excluding carboxylic acids is 1. The van der Waals surface area contributed by atoms with E-state index in [1.54, 1.807) is 12.4 Å². The number of morpholine rings is 1. The van der Waals surface area contributed by atoms with Crippen LogP contribution in [-0.2, 0) is 23.1 Å². The van der Waals surface area contributed by atoms with Crippen LogP contribution in [0.5, 0.6) is 0 Å². The molecule has 0 saturated carbocycles. The number of aryl methyl sites for hydroxylation is 1. The Balaban J connectivity index is 1.48. The van der Waals surface area contributed by atoms with E-state index in [1.165, 1.54) is 0 Å². The molecular formula is C23H27N5O2. The highest BCUT2D eigenvalue weighted by Crippen LogP contribution is 2.30. The largest absolute Gasteiger partial charge is 0.379 e. The Morgan fingerprint density at radius 2 is 1.93 bits per heavy atom. The van der Waals surface area contributed by atoms with Crippen LogP contribution < -0.4 is 5.32 Å². The van der Waals surface area contributed by atoms with Gasteiger partial charge in [0.15, 0.2) is 0 Å². The lowest BCUT2D eigenvalue weighted by atomic mass is 10.0. The zero-order valence-corrected chi connectivity index (χ0v) is 17.4. The number of hydrogen-bond donors (Lipinski definition) is 1. The van der Waals surface area contributed by atoms with Crippen molar-refractivity contribution in [2.45, 2.75) is 19.5 Å². The maximum atomic E-state index is 12.6. The molecule has 1 aliphatic heterocycles. The third-order valence-corrected chi connectivity index (χ3v) is 5.46. The summed E-state index contributed by atoms with van der Waals surface area (Å²) in [6, 6.07) is 12.0. The van der Waals surface area contributed by atoms with Gasteiger partial charge in [-0.25, -0.2) is 0 Å². The van der Waals surface area contributed by atoms with Crippen LogP contribution in [0.15, 0.2) is 55.0 Å². The summed E-state index contributed by atoms with van der Waals surface area (Å²) in [6.07, 6.45) is 5.59. The van der Waals surface area contributed by atoms with Crippen molar-refractivity contribution < 1.29 is 9.53 Å². The number of nitrogens with one attached hydrogen (secondary N) is 1. The molecule has 156 valence electrons. The summed E-state index contributed by atoms with van der Waals surface area (Å²) in [5.41, 5.74) is 5.11. The van der Waals surface area contributed by atoms with Gasteiger partial charge in [0, 0.05) is 56.4 Å². The summed E-state index contributed by atoms with van der Waals surface area (Å²) >= 11 is 0. The Kier molecular flexibility index (Phi) is 6.21. The Bertz CT molecular complexity index is 996. The fourth-order valence-electron chi connectivity index (χ4n) is 3.74. The number of benzene rings is 1. The first-order valence-corrected chi connectivity index (χ1v) is 10.2. The molecular weight excluding hydrogens is 378 g/mol. The van der Waals surface area contributed by atoms with Crippen LogP contribution in [0.2, 0.25) is 0 Å². The van der Waals surface area contributed by atoms with Gasteiger partial charge in [0.25, 0.3) is 0 Å². The molecule has 2 aromatic heterocycles.